The molecule has 0 unspecified atom stereocenters. The van der Waals surface area contributed by atoms with Gasteiger partial charge in [-0.25, -0.2) is 4.98 Å². The van der Waals surface area contributed by atoms with Crippen molar-refractivity contribution in [3.05, 3.63) is 45.3 Å². The molecule has 1 atom stereocenters. The van der Waals surface area contributed by atoms with Crippen molar-refractivity contribution in [3.8, 4) is 0 Å². The maximum absolute atomic E-state index is 12.6. The molecular weight excluding hydrogens is 358 g/mol. The van der Waals surface area contributed by atoms with E-state index in [9.17, 15) is 4.79 Å². The second-order valence-corrected chi connectivity index (χ2v) is 8.52. The van der Waals surface area contributed by atoms with Crippen molar-refractivity contribution in [2.24, 2.45) is 5.92 Å². The number of anilines is 1. The number of rotatable bonds is 5. The fourth-order valence-corrected chi connectivity index (χ4v) is 4.95. The van der Waals surface area contributed by atoms with Gasteiger partial charge in [-0.1, -0.05) is 19.4 Å². The topological polar surface area (TPSA) is 54.5 Å². The molecule has 0 radical (unpaired) electrons. The first-order chi connectivity index (χ1) is 13.2. The van der Waals surface area contributed by atoms with Gasteiger partial charge in [-0.2, -0.15) is 0 Å². The number of carbonyl (C=O) groups is 1. The number of hydrogen-bond donors (Lipinski definition) is 1. The van der Waals surface area contributed by atoms with E-state index in [1.54, 1.807) is 11.3 Å². The van der Waals surface area contributed by atoms with Gasteiger partial charge >= 0.3 is 0 Å². The van der Waals surface area contributed by atoms with Crippen molar-refractivity contribution in [2.75, 3.05) is 31.2 Å². The molecule has 0 bridgehead atoms. The summed E-state index contributed by atoms with van der Waals surface area (Å²) >= 11 is 1.67. The van der Waals surface area contributed by atoms with Crippen molar-refractivity contribution in [1.82, 2.24) is 10.3 Å². The summed E-state index contributed by atoms with van der Waals surface area (Å²) in [4.78, 5) is 21.6. The zero-order valence-electron chi connectivity index (χ0n) is 15.9. The third-order valence-electron chi connectivity index (χ3n) is 5.58. The lowest BCUT2D eigenvalue weighted by atomic mass is 9.87. The number of amides is 1. The van der Waals surface area contributed by atoms with Crippen LogP contribution >= 0.6 is 11.3 Å². The highest BCUT2D eigenvalue weighted by atomic mass is 32.1. The predicted octanol–water partition coefficient (Wildman–Crippen LogP) is 3.42. The van der Waals surface area contributed by atoms with Gasteiger partial charge in [0.05, 0.1) is 18.1 Å². The van der Waals surface area contributed by atoms with E-state index in [4.69, 9.17) is 4.74 Å². The maximum atomic E-state index is 12.6. The molecule has 27 heavy (non-hydrogen) atoms. The van der Waals surface area contributed by atoms with E-state index in [1.807, 2.05) is 18.3 Å². The molecule has 1 N–H and O–H groups in total. The van der Waals surface area contributed by atoms with E-state index in [0.29, 0.717) is 6.54 Å². The lowest BCUT2D eigenvalue weighted by Gasteiger charge is -2.27. The highest BCUT2D eigenvalue weighted by Crippen LogP contribution is 2.33. The SMILES string of the molecule is CC[C@@H]1CCc2sc(C(=O)NCc3ccc(N4CCOCC4)nc3)cc2C1. The number of hydrogen-bond acceptors (Lipinski definition) is 5. The van der Waals surface area contributed by atoms with Crippen molar-refractivity contribution in [1.29, 1.82) is 0 Å². The Hall–Kier alpha value is -1.92. The lowest BCUT2D eigenvalue weighted by molar-refractivity contribution is 0.0955. The van der Waals surface area contributed by atoms with Crippen LogP contribution in [0.15, 0.2) is 24.4 Å². The van der Waals surface area contributed by atoms with Gasteiger partial charge in [-0.3, -0.25) is 4.79 Å². The average Bonchev–Trinajstić information content (AvgIpc) is 3.16. The number of carbonyl (C=O) groups excluding carboxylic acids is 1. The highest BCUT2D eigenvalue weighted by molar-refractivity contribution is 7.14. The lowest BCUT2D eigenvalue weighted by Crippen LogP contribution is -2.36. The Balaban J connectivity index is 1.33. The predicted molar refractivity (Wildman–Crippen MR) is 109 cm³/mol. The number of pyridine rings is 1. The Morgan fingerprint density at radius 1 is 1.37 bits per heavy atom. The third kappa shape index (κ3) is 4.33. The fraction of sp³-hybridized carbons (Fsp3) is 0.524. The summed E-state index contributed by atoms with van der Waals surface area (Å²) in [7, 11) is 0. The van der Waals surface area contributed by atoms with Crippen LogP contribution in [0.5, 0.6) is 0 Å². The van der Waals surface area contributed by atoms with Crippen molar-refractivity contribution < 1.29 is 9.53 Å². The molecule has 1 amide bonds. The molecule has 0 spiro atoms. The van der Waals surface area contributed by atoms with E-state index < -0.39 is 0 Å². The molecule has 1 aliphatic heterocycles. The number of nitrogens with zero attached hydrogens (tertiary/aromatic N) is 2. The van der Waals surface area contributed by atoms with Crippen molar-refractivity contribution in [3.63, 3.8) is 0 Å². The molecule has 0 aromatic carbocycles. The molecular formula is C21H27N3O2S. The van der Waals surface area contributed by atoms with Crippen LogP contribution in [-0.2, 0) is 24.1 Å². The number of nitrogens with one attached hydrogen (secondary N) is 1. The van der Waals surface area contributed by atoms with Crippen LogP contribution < -0.4 is 10.2 Å². The van der Waals surface area contributed by atoms with Gasteiger partial charge in [-0.15, -0.1) is 11.3 Å². The van der Waals surface area contributed by atoms with Gasteiger partial charge in [0.25, 0.3) is 5.91 Å². The Labute approximate surface area is 164 Å². The van der Waals surface area contributed by atoms with Crippen LogP contribution in [0.4, 0.5) is 5.82 Å². The summed E-state index contributed by atoms with van der Waals surface area (Å²) < 4.78 is 5.38. The van der Waals surface area contributed by atoms with Crippen LogP contribution in [-0.4, -0.2) is 37.2 Å². The minimum Gasteiger partial charge on any atom is -0.378 e. The molecule has 3 heterocycles. The summed E-state index contributed by atoms with van der Waals surface area (Å²) in [5.74, 6) is 1.78. The van der Waals surface area contributed by atoms with Crippen LogP contribution in [0.2, 0.25) is 0 Å². The highest BCUT2D eigenvalue weighted by Gasteiger charge is 2.22. The van der Waals surface area contributed by atoms with Crippen molar-refractivity contribution in [2.45, 2.75) is 39.2 Å². The first-order valence-corrected chi connectivity index (χ1v) is 10.7. The average molecular weight is 386 g/mol. The third-order valence-corrected chi connectivity index (χ3v) is 6.82. The minimum absolute atomic E-state index is 0.0275. The van der Waals surface area contributed by atoms with E-state index in [0.717, 1.165) is 61.3 Å². The molecule has 6 heteroatoms. The summed E-state index contributed by atoms with van der Waals surface area (Å²) in [5, 5.41) is 3.05. The van der Waals surface area contributed by atoms with Gasteiger partial charge in [0, 0.05) is 30.7 Å². The van der Waals surface area contributed by atoms with Gasteiger partial charge < -0.3 is 15.0 Å². The molecule has 4 rings (SSSR count). The number of morpholine rings is 1. The zero-order valence-corrected chi connectivity index (χ0v) is 16.7. The molecule has 1 fully saturated rings. The van der Waals surface area contributed by atoms with E-state index in [-0.39, 0.29) is 5.91 Å². The Kier molecular flexibility index (Phi) is 5.74. The molecule has 1 aliphatic carbocycles. The maximum Gasteiger partial charge on any atom is 0.261 e. The number of thiophene rings is 1. The van der Waals surface area contributed by atoms with E-state index in [1.165, 1.54) is 23.3 Å². The van der Waals surface area contributed by atoms with Gasteiger partial charge in [0.2, 0.25) is 0 Å². The number of aryl methyl sites for hydroxylation is 1. The van der Waals surface area contributed by atoms with E-state index in [2.05, 4.69) is 28.2 Å². The second kappa shape index (κ2) is 8.40. The molecule has 2 aliphatic rings. The molecule has 144 valence electrons. The number of aromatic nitrogens is 1. The molecule has 5 nitrogen and oxygen atoms in total. The monoisotopic (exact) mass is 385 g/mol. The summed E-state index contributed by atoms with van der Waals surface area (Å²) in [6.45, 7) is 6.03. The standard InChI is InChI=1S/C21H27N3O2S/c1-2-15-3-5-18-17(11-15)12-19(27-18)21(25)23-14-16-4-6-20(22-13-16)24-7-9-26-10-8-24/h4,6,12-13,15H,2-3,5,7-11,14H2,1H3,(H,23,25)/t15-/m1/s1. The van der Waals surface area contributed by atoms with Gasteiger partial charge in [0.15, 0.2) is 0 Å². The van der Waals surface area contributed by atoms with Crippen LogP contribution in [0, 0.1) is 5.92 Å². The number of fused-ring (bicyclic) bond motifs is 1. The fourth-order valence-electron chi connectivity index (χ4n) is 3.83. The zero-order chi connectivity index (χ0) is 18.6. The molecule has 0 saturated carbocycles. The largest absolute Gasteiger partial charge is 0.378 e. The van der Waals surface area contributed by atoms with E-state index >= 15 is 0 Å². The quantitative estimate of drug-likeness (QED) is 0.857. The molecule has 2 aromatic rings. The minimum atomic E-state index is 0.0275. The number of ether oxygens (including phenoxy) is 1. The Morgan fingerprint density at radius 3 is 2.96 bits per heavy atom. The van der Waals surface area contributed by atoms with Crippen LogP contribution in [0.3, 0.4) is 0 Å². The summed E-state index contributed by atoms with van der Waals surface area (Å²) in [6.07, 6.45) is 6.59. The van der Waals surface area contributed by atoms with Crippen LogP contribution in [0.1, 0.15) is 45.4 Å². The second-order valence-electron chi connectivity index (χ2n) is 7.38. The normalized spacial score (nSPS) is 19.6. The van der Waals surface area contributed by atoms with Gasteiger partial charge in [-0.05, 0) is 48.4 Å². The van der Waals surface area contributed by atoms with Gasteiger partial charge in [0.1, 0.15) is 5.82 Å². The Bertz CT molecular complexity index is 781. The van der Waals surface area contributed by atoms with Crippen molar-refractivity contribution >= 4 is 23.1 Å². The first kappa shape index (κ1) is 18.4. The first-order valence-electron chi connectivity index (χ1n) is 9.90. The molecule has 2 aromatic heterocycles. The van der Waals surface area contributed by atoms with Crippen LogP contribution in [0.25, 0.3) is 0 Å². The molecule has 1 saturated heterocycles. The smallest absolute Gasteiger partial charge is 0.261 e. The summed E-state index contributed by atoms with van der Waals surface area (Å²) in [5.41, 5.74) is 2.41. The summed E-state index contributed by atoms with van der Waals surface area (Å²) in [6, 6.07) is 6.18. The Morgan fingerprint density at radius 2 is 2.22 bits per heavy atom.